The van der Waals surface area contributed by atoms with Gasteiger partial charge in [0, 0.05) is 25.8 Å². The van der Waals surface area contributed by atoms with Crippen LogP contribution in [0.3, 0.4) is 0 Å². The molecule has 98 valence electrons. The number of benzene rings is 1. The summed E-state index contributed by atoms with van der Waals surface area (Å²) >= 11 is 6.12. The van der Waals surface area contributed by atoms with Crippen molar-refractivity contribution >= 4 is 11.6 Å². The summed E-state index contributed by atoms with van der Waals surface area (Å²) in [4.78, 5) is 0. The fourth-order valence-corrected chi connectivity index (χ4v) is 1.68. The number of hydrogen-bond acceptors (Lipinski definition) is 3. The van der Waals surface area contributed by atoms with Gasteiger partial charge in [0.15, 0.2) is 0 Å². The van der Waals surface area contributed by atoms with E-state index in [0.717, 1.165) is 12.1 Å². The van der Waals surface area contributed by atoms with E-state index in [2.05, 4.69) is 17.2 Å². The molecular weight excluding hydrogens is 250 g/mol. The Bertz CT molecular complexity index is 424. The molecular formula is C14H18ClNO2. The zero-order valence-corrected chi connectivity index (χ0v) is 11.5. The van der Waals surface area contributed by atoms with E-state index >= 15 is 0 Å². The van der Waals surface area contributed by atoms with E-state index in [0.29, 0.717) is 30.5 Å². The molecule has 0 fully saturated rings. The predicted octanol–water partition coefficient (Wildman–Crippen LogP) is 2.48. The highest BCUT2D eigenvalue weighted by molar-refractivity contribution is 6.32. The largest absolute Gasteiger partial charge is 0.479 e. The first kappa shape index (κ1) is 14.8. The van der Waals surface area contributed by atoms with Gasteiger partial charge in [0.2, 0.25) is 0 Å². The van der Waals surface area contributed by atoms with E-state index in [1.54, 1.807) is 14.0 Å². The van der Waals surface area contributed by atoms with Crippen LogP contribution < -0.4 is 10.1 Å². The number of methoxy groups -OCH3 is 1. The van der Waals surface area contributed by atoms with Gasteiger partial charge in [-0.05, 0) is 13.0 Å². The lowest BCUT2D eigenvalue weighted by molar-refractivity contribution is 0.199. The molecule has 1 rings (SSSR count). The van der Waals surface area contributed by atoms with Crippen molar-refractivity contribution in [3.05, 3.63) is 28.8 Å². The van der Waals surface area contributed by atoms with Crippen molar-refractivity contribution in [2.45, 2.75) is 13.5 Å². The highest BCUT2D eigenvalue weighted by Crippen LogP contribution is 2.28. The van der Waals surface area contributed by atoms with E-state index in [-0.39, 0.29) is 0 Å². The van der Waals surface area contributed by atoms with Crippen molar-refractivity contribution in [3.63, 3.8) is 0 Å². The third-order valence-corrected chi connectivity index (χ3v) is 2.61. The topological polar surface area (TPSA) is 30.5 Å². The molecule has 0 unspecified atom stereocenters. The Hall–Kier alpha value is -1.21. The molecule has 18 heavy (non-hydrogen) atoms. The second-order valence-electron chi connectivity index (χ2n) is 3.61. The van der Waals surface area contributed by atoms with Gasteiger partial charge in [-0.3, -0.25) is 0 Å². The predicted molar refractivity (Wildman–Crippen MR) is 74.0 cm³/mol. The maximum Gasteiger partial charge on any atom is 0.149 e. The van der Waals surface area contributed by atoms with E-state index in [4.69, 9.17) is 21.1 Å². The maximum atomic E-state index is 6.12. The highest BCUT2D eigenvalue weighted by Gasteiger charge is 2.07. The molecule has 0 amide bonds. The highest BCUT2D eigenvalue weighted by atomic mass is 35.5. The molecule has 0 atom stereocenters. The minimum Gasteiger partial charge on any atom is -0.479 e. The second kappa shape index (κ2) is 8.82. The number of ether oxygens (including phenoxy) is 2. The molecule has 3 nitrogen and oxygen atoms in total. The van der Waals surface area contributed by atoms with E-state index < -0.39 is 0 Å². The lowest BCUT2D eigenvalue weighted by Crippen LogP contribution is -2.19. The molecule has 0 bridgehead atoms. The Kier molecular flexibility index (Phi) is 7.28. The lowest BCUT2D eigenvalue weighted by Gasteiger charge is -2.12. The van der Waals surface area contributed by atoms with Crippen LogP contribution in [0, 0.1) is 11.8 Å². The maximum absolute atomic E-state index is 6.12. The Morgan fingerprint density at radius 2 is 2.22 bits per heavy atom. The average molecular weight is 268 g/mol. The van der Waals surface area contributed by atoms with Gasteiger partial charge in [0.1, 0.15) is 12.4 Å². The van der Waals surface area contributed by atoms with Gasteiger partial charge in [-0.15, -0.1) is 5.92 Å². The van der Waals surface area contributed by atoms with Crippen LogP contribution in [0.2, 0.25) is 5.02 Å². The van der Waals surface area contributed by atoms with Crippen LogP contribution in [0.1, 0.15) is 12.5 Å². The molecule has 0 aliphatic carbocycles. The summed E-state index contributed by atoms with van der Waals surface area (Å²) in [5.74, 6) is 6.34. The summed E-state index contributed by atoms with van der Waals surface area (Å²) in [5.41, 5.74) is 1.02. The third-order valence-electron chi connectivity index (χ3n) is 2.31. The summed E-state index contributed by atoms with van der Waals surface area (Å²) in [6, 6.07) is 5.71. The van der Waals surface area contributed by atoms with Gasteiger partial charge >= 0.3 is 0 Å². The molecule has 0 radical (unpaired) electrons. The van der Waals surface area contributed by atoms with E-state index in [1.165, 1.54) is 0 Å². The van der Waals surface area contributed by atoms with Crippen molar-refractivity contribution < 1.29 is 9.47 Å². The normalized spacial score (nSPS) is 9.72. The van der Waals surface area contributed by atoms with Crippen molar-refractivity contribution in [1.29, 1.82) is 0 Å². The molecule has 0 saturated carbocycles. The van der Waals surface area contributed by atoms with Crippen LogP contribution in [-0.4, -0.2) is 26.9 Å². The third kappa shape index (κ3) is 4.97. The van der Waals surface area contributed by atoms with Crippen LogP contribution in [0.25, 0.3) is 0 Å². The first-order valence-electron chi connectivity index (χ1n) is 5.79. The summed E-state index contributed by atoms with van der Waals surface area (Å²) in [6.07, 6.45) is 0. The zero-order valence-electron chi connectivity index (χ0n) is 10.8. The van der Waals surface area contributed by atoms with Crippen LogP contribution in [-0.2, 0) is 11.3 Å². The van der Waals surface area contributed by atoms with Crippen molar-refractivity contribution in [3.8, 4) is 17.6 Å². The van der Waals surface area contributed by atoms with Crippen LogP contribution in [0.15, 0.2) is 18.2 Å². The molecule has 4 heteroatoms. The quantitative estimate of drug-likeness (QED) is 0.608. The molecule has 1 aromatic rings. The van der Waals surface area contributed by atoms with Gasteiger partial charge in [-0.2, -0.15) is 0 Å². The number of hydrogen-bond donors (Lipinski definition) is 1. The summed E-state index contributed by atoms with van der Waals surface area (Å²) in [5, 5.41) is 3.87. The Balaban J connectivity index is 2.63. The molecule has 0 heterocycles. The molecule has 0 aliphatic heterocycles. The molecule has 1 N–H and O–H groups in total. The Morgan fingerprint density at radius 3 is 2.94 bits per heavy atom. The van der Waals surface area contributed by atoms with Crippen molar-refractivity contribution in [2.24, 2.45) is 0 Å². The number of halogens is 1. The van der Waals surface area contributed by atoms with Gasteiger partial charge in [0.05, 0.1) is 11.6 Å². The van der Waals surface area contributed by atoms with Crippen molar-refractivity contribution in [1.82, 2.24) is 5.32 Å². The molecule has 0 saturated heterocycles. The molecule has 0 aromatic heterocycles. The van der Waals surface area contributed by atoms with Gasteiger partial charge < -0.3 is 14.8 Å². The lowest BCUT2D eigenvalue weighted by atomic mass is 10.2. The standard InChI is InChI=1S/C14H18ClNO2/c1-3-4-9-18-14-12(6-5-7-13(14)15)11-16-8-10-17-2/h5-7,16H,8-11H2,1-2H3. The fraction of sp³-hybridized carbons (Fsp3) is 0.429. The molecule has 1 aromatic carbocycles. The molecule has 0 spiro atoms. The Morgan fingerprint density at radius 1 is 1.39 bits per heavy atom. The fourth-order valence-electron chi connectivity index (χ4n) is 1.43. The van der Waals surface area contributed by atoms with Gasteiger partial charge in [-0.1, -0.05) is 29.7 Å². The summed E-state index contributed by atoms with van der Waals surface area (Å²) < 4.78 is 10.6. The minimum absolute atomic E-state index is 0.352. The van der Waals surface area contributed by atoms with Crippen LogP contribution in [0.5, 0.6) is 5.75 Å². The summed E-state index contributed by atoms with van der Waals surface area (Å²) in [6.45, 7) is 4.29. The second-order valence-corrected chi connectivity index (χ2v) is 4.02. The number of rotatable bonds is 7. The van der Waals surface area contributed by atoms with E-state index in [9.17, 15) is 0 Å². The van der Waals surface area contributed by atoms with Crippen LogP contribution in [0.4, 0.5) is 0 Å². The summed E-state index contributed by atoms with van der Waals surface area (Å²) in [7, 11) is 1.68. The average Bonchev–Trinajstić information content (AvgIpc) is 2.37. The monoisotopic (exact) mass is 267 g/mol. The molecule has 0 aliphatic rings. The van der Waals surface area contributed by atoms with Gasteiger partial charge in [-0.25, -0.2) is 0 Å². The van der Waals surface area contributed by atoms with Gasteiger partial charge in [0.25, 0.3) is 0 Å². The smallest absolute Gasteiger partial charge is 0.149 e. The first-order chi connectivity index (χ1) is 8.79. The SMILES string of the molecule is CC#CCOc1c(Cl)cccc1CNCCOC. The van der Waals surface area contributed by atoms with E-state index in [1.807, 2.05) is 18.2 Å². The zero-order chi connectivity index (χ0) is 13.2. The minimum atomic E-state index is 0.352. The van der Waals surface area contributed by atoms with Crippen LogP contribution >= 0.6 is 11.6 Å². The number of para-hydroxylation sites is 1. The number of nitrogens with one attached hydrogen (secondary N) is 1. The first-order valence-corrected chi connectivity index (χ1v) is 6.16. The Labute approximate surface area is 113 Å². The van der Waals surface area contributed by atoms with Crippen molar-refractivity contribution in [2.75, 3.05) is 26.9 Å².